The Hall–Kier alpha value is -2.75. The van der Waals surface area contributed by atoms with Crippen molar-refractivity contribution in [1.29, 1.82) is 0 Å². The third-order valence-corrected chi connectivity index (χ3v) is 5.88. The molecule has 31 heavy (non-hydrogen) atoms. The van der Waals surface area contributed by atoms with Gasteiger partial charge in [-0.1, -0.05) is 23.7 Å². The summed E-state index contributed by atoms with van der Waals surface area (Å²) in [7, 11) is 1.91. The molecule has 0 radical (unpaired) electrons. The average Bonchev–Trinajstić information content (AvgIpc) is 3.36. The smallest absolute Gasteiger partial charge is 0.273 e. The maximum absolute atomic E-state index is 12.8. The molecule has 0 aliphatic carbocycles. The molecule has 1 amide bonds. The van der Waals surface area contributed by atoms with Gasteiger partial charge >= 0.3 is 0 Å². The Morgan fingerprint density at radius 2 is 2.16 bits per heavy atom. The van der Waals surface area contributed by atoms with E-state index >= 15 is 0 Å². The van der Waals surface area contributed by atoms with Crippen molar-refractivity contribution in [2.45, 2.75) is 25.0 Å². The molecule has 0 saturated heterocycles. The average molecular weight is 459 g/mol. The second kappa shape index (κ2) is 8.78. The van der Waals surface area contributed by atoms with Crippen LogP contribution in [0.25, 0.3) is 0 Å². The summed E-state index contributed by atoms with van der Waals surface area (Å²) in [5.74, 6) is 0.307. The number of aromatic nitrogens is 3. The zero-order chi connectivity index (χ0) is 22.1. The first-order chi connectivity index (χ1) is 14.8. The lowest BCUT2D eigenvalue weighted by atomic mass is 10.1. The molecule has 3 heterocycles. The van der Waals surface area contributed by atoms with Crippen LogP contribution in [0.5, 0.6) is 0 Å². The molecule has 3 aromatic rings. The number of thiol groups is 1. The van der Waals surface area contributed by atoms with Crippen LogP contribution in [0.1, 0.15) is 39.0 Å². The van der Waals surface area contributed by atoms with E-state index in [4.69, 9.17) is 11.6 Å². The molecule has 1 aliphatic rings. The van der Waals surface area contributed by atoms with Gasteiger partial charge in [-0.05, 0) is 25.1 Å². The lowest BCUT2D eigenvalue weighted by Gasteiger charge is -2.35. The third-order valence-electron chi connectivity index (χ3n) is 5.23. The summed E-state index contributed by atoms with van der Waals surface area (Å²) < 4.78 is 1.94. The van der Waals surface area contributed by atoms with Crippen molar-refractivity contribution >= 4 is 41.7 Å². The molecule has 8 nitrogen and oxygen atoms in total. The van der Waals surface area contributed by atoms with Gasteiger partial charge in [-0.25, -0.2) is 4.98 Å². The van der Waals surface area contributed by atoms with Crippen molar-refractivity contribution in [3.63, 3.8) is 0 Å². The monoisotopic (exact) mass is 458 g/mol. The highest BCUT2D eigenvalue weighted by molar-refractivity contribution is 7.81. The Bertz CT molecular complexity index is 1130. The predicted molar refractivity (Wildman–Crippen MR) is 123 cm³/mol. The molecule has 2 unspecified atom stereocenters. The van der Waals surface area contributed by atoms with Gasteiger partial charge in [0.1, 0.15) is 11.2 Å². The number of carbonyl (C=O) groups is 2. The molecular weight excluding hydrogens is 436 g/mol. The van der Waals surface area contributed by atoms with E-state index in [0.29, 0.717) is 40.8 Å². The van der Waals surface area contributed by atoms with Gasteiger partial charge in [0, 0.05) is 54.2 Å². The Morgan fingerprint density at radius 3 is 2.94 bits per heavy atom. The Balaban J connectivity index is 1.40. The van der Waals surface area contributed by atoms with Crippen molar-refractivity contribution in [1.82, 2.24) is 25.2 Å². The van der Waals surface area contributed by atoms with Crippen LogP contribution in [0.2, 0.25) is 5.02 Å². The highest BCUT2D eigenvalue weighted by atomic mass is 35.5. The van der Waals surface area contributed by atoms with Crippen LogP contribution in [-0.2, 0) is 13.6 Å². The van der Waals surface area contributed by atoms with Crippen molar-refractivity contribution in [3.05, 3.63) is 70.4 Å². The van der Waals surface area contributed by atoms with Gasteiger partial charge in [-0.2, -0.15) is 0 Å². The molecule has 4 rings (SSSR count). The summed E-state index contributed by atoms with van der Waals surface area (Å²) in [6, 6.07) is 8.90. The molecule has 2 aromatic heterocycles. The van der Waals surface area contributed by atoms with Crippen LogP contribution < -0.4 is 15.5 Å². The van der Waals surface area contributed by atoms with Crippen LogP contribution >= 0.6 is 24.2 Å². The van der Waals surface area contributed by atoms with Crippen LogP contribution in [0.3, 0.4) is 0 Å². The summed E-state index contributed by atoms with van der Waals surface area (Å²) >= 11 is 10.5. The number of aromatic amines is 1. The number of nitrogens with one attached hydrogen (secondary N) is 3. The summed E-state index contributed by atoms with van der Waals surface area (Å²) in [4.78, 5) is 33.8. The molecule has 0 bridgehead atoms. The maximum Gasteiger partial charge on any atom is 0.273 e. The number of benzene rings is 1. The van der Waals surface area contributed by atoms with E-state index in [9.17, 15) is 9.59 Å². The normalized spacial score (nSPS) is 16.7. The Kier molecular flexibility index (Phi) is 6.08. The standard InChI is InChI=1S/C21H23ClN6O2S/c1-12(9-28-19-17(24-11-25-19)20(30)26-21(28)31)23-8-16-7-14(10-27(16)2)18(29)13-4-3-5-15(22)6-13/h3-7,10-12,21,23,31H,8-9H2,1-2H3,(H,24,25)(H,26,30). The van der Waals surface area contributed by atoms with Crippen LogP contribution in [0.4, 0.5) is 5.82 Å². The van der Waals surface area contributed by atoms with Crippen molar-refractivity contribution in [2.24, 2.45) is 7.05 Å². The number of imidazole rings is 1. The lowest BCUT2D eigenvalue weighted by molar-refractivity contribution is 0.0937. The number of aryl methyl sites for hydroxylation is 1. The van der Waals surface area contributed by atoms with Gasteiger partial charge in [0.2, 0.25) is 0 Å². The summed E-state index contributed by atoms with van der Waals surface area (Å²) in [6.45, 7) is 3.21. The van der Waals surface area contributed by atoms with Gasteiger partial charge in [-0.3, -0.25) is 9.59 Å². The summed E-state index contributed by atoms with van der Waals surface area (Å²) in [5, 5.41) is 6.80. The van der Waals surface area contributed by atoms with E-state index in [1.54, 1.807) is 24.3 Å². The van der Waals surface area contributed by atoms with E-state index in [1.807, 2.05) is 35.7 Å². The number of hydrogen-bond donors (Lipinski definition) is 4. The molecule has 3 N–H and O–H groups in total. The number of fused-ring (bicyclic) bond motifs is 1. The number of H-pyrrole nitrogens is 1. The minimum Gasteiger partial charge on any atom is -0.353 e. The largest absolute Gasteiger partial charge is 0.353 e. The minimum atomic E-state index is -0.454. The molecule has 1 aliphatic heterocycles. The zero-order valence-electron chi connectivity index (χ0n) is 17.1. The fourth-order valence-corrected chi connectivity index (χ4v) is 4.10. The van der Waals surface area contributed by atoms with Crippen LogP contribution in [-0.4, -0.2) is 44.3 Å². The Morgan fingerprint density at radius 1 is 1.35 bits per heavy atom. The Labute approximate surface area is 190 Å². The quantitative estimate of drug-likeness (QED) is 0.322. The molecule has 10 heteroatoms. The highest BCUT2D eigenvalue weighted by Gasteiger charge is 2.31. The number of ketones is 1. The molecule has 162 valence electrons. The lowest BCUT2D eigenvalue weighted by Crippen LogP contribution is -2.53. The topological polar surface area (TPSA) is 95.1 Å². The summed E-state index contributed by atoms with van der Waals surface area (Å²) in [5.41, 5.74) is 2.14. The molecule has 0 fully saturated rings. The minimum absolute atomic E-state index is 0.0644. The van der Waals surface area contributed by atoms with Crippen LogP contribution in [0.15, 0.2) is 42.9 Å². The molecule has 0 saturated carbocycles. The first-order valence-electron chi connectivity index (χ1n) is 9.81. The van der Waals surface area contributed by atoms with E-state index in [1.165, 1.54) is 6.33 Å². The first-order valence-corrected chi connectivity index (χ1v) is 10.7. The third kappa shape index (κ3) is 4.48. The molecule has 0 spiro atoms. The number of amides is 1. The van der Waals surface area contributed by atoms with Gasteiger partial charge in [0.15, 0.2) is 11.6 Å². The van der Waals surface area contributed by atoms with Gasteiger partial charge in [-0.15, -0.1) is 12.6 Å². The van der Waals surface area contributed by atoms with Crippen molar-refractivity contribution in [3.8, 4) is 0 Å². The van der Waals surface area contributed by atoms with Gasteiger partial charge < -0.3 is 25.1 Å². The fraction of sp³-hybridized carbons (Fsp3) is 0.286. The molecule has 2 atom stereocenters. The maximum atomic E-state index is 12.8. The van der Waals surface area contributed by atoms with Crippen molar-refractivity contribution in [2.75, 3.05) is 11.4 Å². The molecule has 1 aromatic carbocycles. The van der Waals surface area contributed by atoms with E-state index in [2.05, 4.69) is 33.2 Å². The van der Waals surface area contributed by atoms with E-state index < -0.39 is 5.50 Å². The first kappa shape index (κ1) is 21.5. The second-order valence-electron chi connectivity index (χ2n) is 7.55. The summed E-state index contributed by atoms with van der Waals surface area (Å²) in [6.07, 6.45) is 3.33. The van der Waals surface area contributed by atoms with Crippen molar-refractivity contribution < 1.29 is 9.59 Å². The highest BCUT2D eigenvalue weighted by Crippen LogP contribution is 2.24. The zero-order valence-corrected chi connectivity index (χ0v) is 18.7. The van der Waals surface area contributed by atoms with E-state index in [0.717, 1.165) is 5.69 Å². The second-order valence-corrected chi connectivity index (χ2v) is 8.48. The van der Waals surface area contributed by atoms with E-state index in [-0.39, 0.29) is 17.7 Å². The number of hydrogen-bond acceptors (Lipinski definition) is 6. The number of halogens is 1. The fourth-order valence-electron chi connectivity index (χ4n) is 3.59. The number of rotatable bonds is 7. The predicted octanol–water partition coefficient (Wildman–Crippen LogP) is 2.57. The van der Waals surface area contributed by atoms with Gasteiger partial charge in [0.05, 0.1) is 6.33 Å². The number of nitrogens with zero attached hydrogens (tertiary/aromatic N) is 3. The van der Waals surface area contributed by atoms with Gasteiger partial charge in [0.25, 0.3) is 5.91 Å². The van der Waals surface area contributed by atoms with Crippen LogP contribution in [0, 0.1) is 0 Å². The SMILES string of the molecule is CC(CN1c2nc[nH]c2C(=O)NC1S)NCc1cc(C(=O)c2cccc(Cl)c2)cn1C. The molecular formula is C21H23ClN6O2S. The number of anilines is 1. The number of carbonyl (C=O) groups excluding carboxylic acids is 2.